The Balaban J connectivity index is 0.993. The van der Waals surface area contributed by atoms with Gasteiger partial charge in [-0.3, -0.25) is 14.7 Å². The van der Waals surface area contributed by atoms with E-state index >= 15 is 0 Å². The highest BCUT2D eigenvalue weighted by Gasteiger charge is 2.25. The summed E-state index contributed by atoms with van der Waals surface area (Å²) in [5, 5.41) is 0. The first-order valence-electron chi connectivity index (χ1n) is 25.0. The highest BCUT2D eigenvalue weighted by molar-refractivity contribution is 5.97. The molecule has 362 valence electrons. The monoisotopic (exact) mass is 980 g/mol. The Morgan fingerprint density at radius 1 is 0.184 bits per heavy atom. The number of para-hydroxylation sites is 9. The maximum atomic E-state index is 5.07. The van der Waals surface area contributed by atoms with Gasteiger partial charge in [0.25, 0.3) is 0 Å². The van der Waals surface area contributed by atoms with E-state index in [-0.39, 0.29) is 0 Å². The van der Waals surface area contributed by atoms with Crippen LogP contribution in [0.4, 0.5) is 69.0 Å². The molecule has 9 aromatic carbocycles. The molecule has 0 aliphatic carbocycles. The van der Waals surface area contributed by atoms with Gasteiger partial charge in [-0.05, 0) is 91.0 Å². The molecule has 10 nitrogen and oxygen atoms in total. The number of rotatable bonds is 15. The Labute approximate surface area is 441 Å². The lowest BCUT2D eigenvalue weighted by molar-refractivity contribution is 1.08. The molecule has 3 aromatic heterocycles. The largest absolute Gasteiger partial charge is 0.309 e. The molecule has 0 atom stereocenters. The number of aromatic nitrogens is 6. The zero-order valence-electron chi connectivity index (χ0n) is 41.2. The fraction of sp³-hybridized carbons (Fsp3) is 0. The van der Waals surface area contributed by atoms with Crippen molar-refractivity contribution in [2.75, 3.05) is 19.6 Å². The van der Waals surface area contributed by atoms with Crippen molar-refractivity contribution in [1.82, 2.24) is 29.9 Å². The van der Waals surface area contributed by atoms with Crippen LogP contribution in [0.5, 0.6) is 0 Å². The molecule has 12 aromatic rings. The van der Waals surface area contributed by atoms with Gasteiger partial charge in [-0.2, -0.15) is 0 Å². The normalized spacial score (nSPS) is 10.9. The van der Waals surface area contributed by atoms with Gasteiger partial charge in [0.05, 0.1) is 17.1 Å². The van der Waals surface area contributed by atoms with E-state index in [2.05, 4.69) is 165 Å². The van der Waals surface area contributed by atoms with E-state index in [1.807, 2.05) is 146 Å². The quantitative estimate of drug-likeness (QED) is 0.0989. The van der Waals surface area contributed by atoms with Crippen molar-refractivity contribution in [2.24, 2.45) is 0 Å². The minimum atomic E-state index is 0.550. The van der Waals surface area contributed by atoms with Gasteiger partial charge in [-0.1, -0.05) is 164 Å². The highest BCUT2D eigenvalue weighted by Crippen LogP contribution is 2.48. The SMILES string of the molecule is c1ccc(N(c2ccccc2)c2ncc(-c3ccccc3N(c3ccccc3-c3cnc(N(c4ccccc4)c4ccccc4)nc3)c3ccccc3-c3cnc(N(c4ccccc4)c4ccccc4)nc3)cn2)cc1. The van der Waals surface area contributed by atoms with Crippen LogP contribution >= 0.6 is 0 Å². The molecule has 0 amide bonds. The van der Waals surface area contributed by atoms with Crippen molar-refractivity contribution in [3.8, 4) is 33.4 Å². The molecule has 0 aliphatic rings. The summed E-state index contributed by atoms with van der Waals surface area (Å²) in [6.07, 6.45) is 11.5. The van der Waals surface area contributed by atoms with E-state index in [0.717, 1.165) is 84.6 Å². The second-order valence-corrected chi connectivity index (χ2v) is 17.7. The molecule has 3 heterocycles. The summed E-state index contributed by atoms with van der Waals surface area (Å²) in [7, 11) is 0. The highest BCUT2D eigenvalue weighted by atomic mass is 15.3. The first-order valence-corrected chi connectivity index (χ1v) is 25.0. The van der Waals surface area contributed by atoms with E-state index in [1.165, 1.54) is 0 Å². The van der Waals surface area contributed by atoms with E-state index < -0.39 is 0 Å². The number of benzene rings is 9. The fourth-order valence-corrected chi connectivity index (χ4v) is 9.46. The Morgan fingerprint density at radius 3 is 0.579 bits per heavy atom. The van der Waals surface area contributed by atoms with E-state index in [0.29, 0.717) is 17.8 Å². The Morgan fingerprint density at radius 2 is 0.368 bits per heavy atom. The zero-order valence-corrected chi connectivity index (χ0v) is 41.2. The third-order valence-corrected chi connectivity index (χ3v) is 13.0. The Kier molecular flexibility index (Phi) is 13.2. The van der Waals surface area contributed by atoms with Gasteiger partial charge in [-0.15, -0.1) is 0 Å². The van der Waals surface area contributed by atoms with Crippen LogP contribution < -0.4 is 19.6 Å². The third-order valence-electron chi connectivity index (χ3n) is 13.0. The summed E-state index contributed by atoms with van der Waals surface area (Å²) in [5.41, 5.74) is 13.7. The molecule has 0 N–H and O–H groups in total. The lowest BCUT2D eigenvalue weighted by atomic mass is 9.99. The molecule has 0 bridgehead atoms. The van der Waals surface area contributed by atoms with Crippen molar-refractivity contribution in [2.45, 2.75) is 0 Å². The predicted molar refractivity (Wildman–Crippen MR) is 308 cm³/mol. The first kappa shape index (κ1) is 46.5. The molecule has 0 fully saturated rings. The van der Waals surface area contributed by atoms with Gasteiger partial charge < -0.3 is 4.90 Å². The maximum absolute atomic E-state index is 5.07. The van der Waals surface area contributed by atoms with E-state index in [4.69, 9.17) is 29.9 Å². The summed E-state index contributed by atoms with van der Waals surface area (Å²) < 4.78 is 0. The molecular weight excluding hydrogens is 933 g/mol. The molecule has 0 unspecified atom stereocenters. The van der Waals surface area contributed by atoms with Gasteiger partial charge >= 0.3 is 0 Å². The molecular formula is C66H48N10. The van der Waals surface area contributed by atoms with Gasteiger partial charge in [0, 0.05) is 105 Å². The molecule has 12 rings (SSSR count). The minimum absolute atomic E-state index is 0.550. The van der Waals surface area contributed by atoms with Crippen molar-refractivity contribution < 1.29 is 0 Å². The molecule has 0 aliphatic heterocycles. The molecule has 10 heteroatoms. The van der Waals surface area contributed by atoms with Crippen LogP contribution in [0, 0.1) is 0 Å². The topological polar surface area (TPSA) is 90.3 Å². The lowest BCUT2D eigenvalue weighted by Crippen LogP contribution is -2.15. The Bertz CT molecular complexity index is 3280. The average Bonchev–Trinajstić information content (AvgIpc) is 3.51. The van der Waals surface area contributed by atoms with Crippen molar-refractivity contribution in [1.29, 1.82) is 0 Å². The number of nitrogens with zero attached hydrogens (tertiary/aromatic N) is 10. The van der Waals surface area contributed by atoms with Crippen LogP contribution in [-0.4, -0.2) is 29.9 Å². The maximum Gasteiger partial charge on any atom is 0.234 e. The summed E-state index contributed by atoms with van der Waals surface area (Å²) in [6, 6.07) is 86.3. The molecule has 0 spiro atoms. The molecule has 76 heavy (non-hydrogen) atoms. The summed E-state index contributed by atoms with van der Waals surface area (Å²) in [6.45, 7) is 0. The van der Waals surface area contributed by atoms with Crippen molar-refractivity contribution >= 4 is 69.0 Å². The van der Waals surface area contributed by atoms with Gasteiger partial charge in [0.2, 0.25) is 17.8 Å². The van der Waals surface area contributed by atoms with E-state index in [1.54, 1.807) is 0 Å². The second kappa shape index (κ2) is 21.6. The van der Waals surface area contributed by atoms with Crippen LogP contribution in [0.25, 0.3) is 33.4 Å². The average molecular weight is 981 g/mol. The van der Waals surface area contributed by atoms with Crippen LogP contribution in [-0.2, 0) is 0 Å². The fourth-order valence-electron chi connectivity index (χ4n) is 9.46. The van der Waals surface area contributed by atoms with Gasteiger partial charge in [0.15, 0.2) is 0 Å². The summed E-state index contributed by atoms with van der Waals surface area (Å²) >= 11 is 0. The van der Waals surface area contributed by atoms with Crippen LogP contribution in [0.15, 0.2) is 292 Å². The van der Waals surface area contributed by atoms with Crippen LogP contribution in [0.2, 0.25) is 0 Å². The van der Waals surface area contributed by atoms with Crippen LogP contribution in [0.1, 0.15) is 0 Å². The number of hydrogen-bond acceptors (Lipinski definition) is 10. The van der Waals surface area contributed by atoms with E-state index in [9.17, 15) is 0 Å². The standard InChI is InChI=1S/C66H48N10/c1-7-25-52(26-8-1)73(53-27-9-2-10-28-53)64-67-43-49(44-68-64)58-37-19-22-40-61(58)76(62-41-23-20-38-59(62)50-45-69-65(70-46-50)74(54-29-11-3-12-30-54)55-31-13-4-14-32-55)63-42-24-21-39-60(63)51-47-71-66(72-48-51)75(56-33-15-5-16-34-56)57-35-17-6-18-36-57/h1-48H. The lowest BCUT2D eigenvalue weighted by Gasteiger charge is -2.31. The third kappa shape index (κ3) is 9.60. The molecule has 0 radical (unpaired) electrons. The van der Waals surface area contributed by atoms with Crippen molar-refractivity contribution in [3.63, 3.8) is 0 Å². The van der Waals surface area contributed by atoms with Crippen molar-refractivity contribution in [3.05, 3.63) is 292 Å². The predicted octanol–water partition coefficient (Wildman–Crippen LogP) is 16.9. The van der Waals surface area contributed by atoms with Gasteiger partial charge in [0.1, 0.15) is 0 Å². The minimum Gasteiger partial charge on any atom is -0.309 e. The first-order chi connectivity index (χ1) is 37.7. The smallest absolute Gasteiger partial charge is 0.234 e. The Hall–Kier alpha value is -10.6. The summed E-state index contributed by atoms with van der Waals surface area (Å²) in [5.74, 6) is 1.65. The molecule has 0 saturated carbocycles. The molecule has 0 saturated heterocycles. The summed E-state index contributed by atoms with van der Waals surface area (Å²) in [4.78, 5) is 38.9. The number of anilines is 12. The van der Waals surface area contributed by atoms with Gasteiger partial charge in [-0.25, -0.2) is 29.9 Å². The number of hydrogen-bond donors (Lipinski definition) is 0. The van der Waals surface area contributed by atoms with Crippen LogP contribution in [0.3, 0.4) is 0 Å². The second-order valence-electron chi connectivity index (χ2n) is 17.7. The zero-order chi connectivity index (χ0) is 50.9.